The van der Waals surface area contributed by atoms with Gasteiger partial charge in [0.15, 0.2) is 11.5 Å². The third-order valence-corrected chi connectivity index (χ3v) is 4.28. The third kappa shape index (κ3) is 4.47. The van der Waals surface area contributed by atoms with Gasteiger partial charge in [-0.15, -0.1) is 0 Å². The molecular weight excluding hydrogens is 336 g/mol. The van der Waals surface area contributed by atoms with Crippen molar-refractivity contribution in [2.24, 2.45) is 5.92 Å². The summed E-state index contributed by atoms with van der Waals surface area (Å²) < 4.78 is 16.1. The van der Waals surface area contributed by atoms with Crippen LogP contribution >= 0.6 is 0 Å². The lowest BCUT2D eigenvalue weighted by Gasteiger charge is -2.33. The van der Waals surface area contributed by atoms with Gasteiger partial charge in [-0.25, -0.2) is 4.79 Å². The Balaban J connectivity index is 2.25. The van der Waals surface area contributed by atoms with Gasteiger partial charge in [-0.2, -0.15) is 0 Å². The van der Waals surface area contributed by atoms with E-state index in [0.717, 1.165) is 19.3 Å². The number of unbranched alkanes of at least 4 members (excludes halogenated alkanes) is 2. The normalized spacial score (nSPS) is 19.3. The number of hydrogen-bond acceptors (Lipinski definition) is 5. The highest BCUT2D eigenvalue weighted by Crippen LogP contribution is 2.35. The Kier molecular flexibility index (Phi) is 6.89. The first-order valence-electron chi connectivity index (χ1n) is 8.66. The predicted octanol–water partition coefficient (Wildman–Crippen LogP) is 2.92. The van der Waals surface area contributed by atoms with Gasteiger partial charge in [0.2, 0.25) is 0 Å². The zero-order valence-corrected chi connectivity index (χ0v) is 15.5. The molecule has 2 N–H and O–H groups in total. The molecule has 0 unspecified atom stereocenters. The first kappa shape index (κ1) is 19.6. The molecule has 1 aromatic carbocycles. The average Bonchev–Trinajstić information content (AvgIpc) is 2.64. The van der Waals surface area contributed by atoms with Crippen molar-refractivity contribution >= 4 is 12.0 Å². The van der Waals surface area contributed by atoms with Crippen LogP contribution in [0, 0.1) is 5.92 Å². The number of carbonyl (C=O) groups is 2. The number of benzene rings is 1. The Bertz CT molecular complexity index is 674. The number of ether oxygens (including phenoxy) is 3. The number of esters is 1. The molecule has 7 nitrogen and oxygen atoms in total. The van der Waals surface area contributed by atoms with Crippen LogP contribution in [-0.2, 0) is 9.53 Å². The minimum absolute atomic E-state index is 0.296. The Hall–Kier alpha value is -2.70. The van der Waals surface area contributed by atoms with E-state index >= 15 is 0 Å². The van der Waals surface area contributed by atoms with Gasteiger partial charge in [0, 0.05) is 5.70 Å². The number of rotatable bonds is 8. The van der Waals surface area contributed by atoms with Crippen LogP contribution in [-0.4, -0.2) is 32.8 Å². The van der Waals surface area contributed by atoms with E-state index in [2.05, 4.69) is 24.1 Å². The van der Waals surface area contributed by atoms with Gasteiger partial charge < -0.3 is 24.8 Å². The highest BCUT2D eigenvalue weighted by molar-refractivity contribution is 5.85. The summed E-state index contributed by atoms with van der Waals surface area (Å²) >= 11 is 0. The third-order valence-electron chi connectivity index (χ3n) is 4.28. The maximum Gasteiger partial charge on any atom is 0.319 e. The van der Waals surface area contributed by atoms with Crippen molar-refractivity contribution in [1.29, 1.82) is 0 Å². The Morgan fingerprint density at radius 1 is 1.23 bits per heavy atom. The van der Waals surface area contributed by atoms with E-state index in [1.54, 1.807) is 25.3 Å². The molecule has 1 aliphatic rings. The fraction of sp³-hybridized carbons (Fsp3) is 0.474. The standard InChI is InChI=1S/C19H26N2O5/c1-5-6-7-10-26-14-9-8-13(11-15(14)24-3)17-16(18(22)25-4)12(2)20-19(23)21-17/h8-9,11,16-17H,2,5-7,10H2,1,3-4H3,(H2,20,21,23)/t16-,17+/m0/s1. The van der Waals surface area contributed by atoms with Crippen LogP contribution in [0.4, 0.5) is 4.79 Å². The molecule has 2 amide bonds. The van der Waals surface area contributed by atoms with Crippen LogP contribution in [0.15, 0.2) is 30.5 Å². The summed E-state index contributed by atoms with van der Waals surface area (Å²) in [6.07, 6.45) is 3.19. The Morgan fingerprint density at radius 3 is 2.65 bits per heavy atom. The molecule has 0 bridgehead atoms. The molecule has 1 aliphatic heterocycles. The number of carbonyl (C=O) groups excluding carboxylic acids is 2. The molecule has 1 fully saturated rings. The lowest BCUT2D eigenvalue weighted by Crippen LogP contribution is -2.51. The zero-order chi connectivity index (χ0) is 19.1. The van der Waals surface area contributed by atoms with Crippen LogP contribution < -0.4 is 20.1 Å². The van der Waals surface area contributed by atoms with Gasteiger partial charge in [0.25, 0.3) is 0 Å². The second kappa shape index (κ2) is 9.12. The first-order valence-corrected chi connectivity index (χ1v) is 8.66. The average molecular weight is 362 g/mol. The van der Waals surface area contributed by atoms with Crippen LogP contribution in [0.1, 0.15) is 37.8 Å². The topological polar surface area (TPSA) is 85.9 Å². The number of urea groups is 1. The van der Waals surface area contributed by atoms with E-state index in [0.29, 0.717) is 29.4 Å². The van der Waals surface area contributed by atoms with E-state index < -0.39 is 24.0 Å². The summed E-state index contributed by atoms with van der Waals surface area (Å²) in [5.74, 6) is -0.0489. The monoisotopic (exact) mass is 362 g/mol. The SMILES string of the molecule is C=C1NC(=O)N[C@H](c2ccc(OCCCCC)c(OC)c2)[C@H]1C(=O)OC. The molecule has 142 valence electrons. The second-order valence-corrected chi connectivity index (χ2v) is 6.07. The summed E-state index contributed by atoms with van der Waals surface area (Å²) in [5, 5.41) is 5.27. The summed E-state index contributed by atoms with van der Waals surface area (Å²) in [5.41, 5.74) is 0.999. The Morgan fingerprint density at radius 2 is 2.00 bits per heavy atom. The second-order valence-electron chi connectivity index (χ2n) is 6.07. The van der Waals surface area contributed by atoms with E-state index in [4.69, 9.17) is 14.2 Å². The molecule has 7 heteroatoms. The highest BCUT2D eigenvalue weighted by atomic mass is 16.5. The Labute approximate surface area is 153 Å². The molecule has 2 rings (SSSR count). The number of nitrogens with one attached hydrogen (secondary N) is 2. The van der Waals surface area contributed by atoms with Crippen molar-refractivity contribution in [2.45, 2.75) is 32.2 Å². The van der Waals surface area contributed by atoms with Crippen molar-refractivity contribution in [1.82, 2.24) is 10.6 Å². The van der Waals surface area contributed by atoms with E-state index in [-0.39, 0.29) is 0 Å². The van der Waals surface area contributed by atoms with E-state index in [1.807, 2.05) is 0 Å². The predicted molar refractivity (Wildman–Crippen MR) is 97.1 cm³/mol. The molecular formula is C19H26N2O5. The van der Waals surface area contributed by atoms with Crippen molar-refractivity contribution in [3.05, 3.63) is 36.0 Å². The van der Waals surface area contributed by atoms with Gasteiger partial charge >= 0.3 is 12.0 Å². The summed E-state index contributed by atoms with van der Waals surface area (Å²) in [6, 6.07) is 4.32. The number of hydrogen-bond donors (Lipinski definition) is 2. The van der Waals surface area contributed by atoms with Crippen molar-refractivity contribution in [3.63, 3.8) is 0 Å². The number of methoxy groups -OCH3 is 2. The fourth-order valence-electron chi connectivity index (χ4n) is 2.90. The summed E-state index contributed by atoms with van der Waals surface area (Å²) in [7, 11) is 2.85. The van der Waals surface area contributed by atoms with E-state index in [1.165, 1.54) is 7.11 Å². The molecule has 26 heavy (non-hydrogen) atoms. The maximum atomic E-state index is 12.2. The quantitative estimate of drug-likeness (QED) is 0.549. The van der Waals surface area contributed by atoms with Gasteiger partial charge in [0.1, 0.15) is 5.92 Å². The summed E-state index contributed by atoms with van der Waals surface area (Å²) in [6.45, 7) is 6.52. The van der Waals surface area contributed by atoms with Crippen molar-refractivity contribution in [3.8, 4) is 11.5 Å². The van der Waals surface area contributed by atoms with Crippen molar-refractivity contribution < 1.29 is 23.8 Å². The van der Waals surface area contributed by atoms with Gasteiger partial charge in [-0.1, -0.05) is 32.4 Å². The van der Waals surface area contributed by atoms with Crippen LogP contribution in [0.25, 0.3) is 0 Å². The van der Waals surface area contributed by atoms with Gasteiger partial charge in [-0.3, -0.25) is 4.79 Å². The maximum absolute atomic E-state index is 12.2. The molecule has 1 heterocycles. The van der Waals surface area contributed by atoms with Crippen LogP contribution in [0.5, 0.6) is 11.5 Å². The molecule has 0 saturated carbocycles. The minimum atomic E-state index is -0.737. The fourth-order valence-corrected chi connectivity index (χ4v) is 2.90. The lowest BCUT2D eigenvalue weighted by molar-refractivity contribution is -0.145. The molecule has 1 saturated heterocycles. The van der Waals surface area contributed by atoms with Crippen molar-refractivity contribution in [2.75, 3.05) is 20.8 Å². The smallest absolute Gasteiger partial charge is 0.319 e. The highest BCUT2D eigenvalue weighted by Gasteiger charge is 2.38. The summed E-state index contributed by atoms with van der Waals surface area (Å²) in [4.78, 5) is 24.0. The molecule has 0 radical (unpaired) electrons. The lowest BCUT2D eigenvalue weighted by atomic mass is 9.89. The zero-order valence-electron chi connectivity index (χ0n) is 15.5. The van der Waals surface area contributed by atoms with Gasteiger partial charge in [0.05, 0.1) is 26.9 Å². The molecule has 0 aliphatic carbocycles. The number of amides is 2. The first-order chi connectivity index (χ1) is 12.5. The van der Waals surface area contributed by atoms with Crippen LogP contribution in [0.3, 0.4) is 0 Å². The van der Waals surface area contributed by atoms with E-state index in [9.17, 15) is 9.59 Å². The van der Waals surface area contributed by atoms with Crippen LogP contribution in [0.2, 0.25) is 0 Å². The van der Waals surface area contributed by atoms with Gasteiger partial charge in [-0.05, 0) is 24.1 Å². The molecule has 1 aromatic rings. The largest absolute Gasteiger partial charge is 0.493 e. The molecule has 2 atom stereocenters. The molecule has 0 spiro atoms. The molecule has 0 aromatic heterocycles. The minimum Gasteiger partial charge on any atom is -0.493 e.